The number of amides is 1. The van der Waals surface area contributed by atoms with Crippen LogP contribution in [0.3, 0.4) is 0 Å². The van der Waals surface area contributed by atoms with E-state index in [1.54, 1.807) is 0 Å². The van der Waals surface area contributed by atoms with Crippen molar-refractivity contribution in [3.05, 3.63) is 0 Å². The Morgan fingerprint density at radius 2 is 2.15 bits per heavy atom. The van der Waals surface area contributed by atoms with Gasteiger partial charge in [0.15, 0.2) is 0 Å². The van der Waals surface area contributed by atoms with Crippen LogP contribution < -0.4 is 11.1 Å². The quantitative estimate of drug-likeness (QED) is 0.219. The van der Waals surface area contributed by atoms with Crippen molar-refractivity contribution in [1.82, 2.24) is 5.32 Å². The molecule has 1 rings (SSSR count). The van der Waals surface area contributed by atoms with Crippen LogP contribution in [0.25, 0.3) is 0 Å². The molecule has 0 unspecified atom stereocenters. The van der Waals surface area contributed by atoms with Crippen LogP contribution in [0.4, 0.5) is 0 Å². The molecule has 118 valence electrons. The number of aliphatic hydroxyl groups is 4. The lowest BCUT2D eigenvalue weighted by Crippen LogP contribution is -2.73. The first-order valence-electron chi connectivity index (χ1n) is 6.32. The minimum atomic E-state index is -2.31. The fraction of sp³-hybridized carbons (Fsp3) is 0.909. The zero-order valence-corrected chi connectivity index (χ0v) is 11.2. The van der Waals surface area contributed by atoms with Crippen molar-refractivity contribution < 1.29 is 34.7 Å². The Morgan fingerprint density at radius 3 is 2.65 bits per heavy atom. The van der Waals surface area contributed by atoms with Crippen molar-refractivity contribution >= 4 is 5.91 Å². The van der Waals surface area contributed by atoms with Crippen molar-refractivity contribution in [3.63, 3.8) is 0 Å². The van der Waals surface area contributed by atoms with Gasteiger partial charge >= 0.3 is 0 Å². The lowest BCUT2D eigenvalue weighted by Gasteiger charge is -2.47. The summed E-state index contributed by atoms with van der Waals surface area (Å²) < 4.78 is 10.4. The molecule has 0 spiro atoms. The molecule has 0 saturated carbocycles. The third-order valence-electron chi connectivity index (χ3n) is 2.99. The van der Waals surface area contributed by atoms with Gasteiger partial charge in [-0.05, 0) is 13.0 Å². The highest BCUT2D eigenvalue weighted by molar-refractivity contribution is 5.73. The second-order valence-corrected chi connectivity index (χ2v) is 4.64. The highest BCUT2D eigenvalue weighted by Crippen LogP contribution is 2.29. The van der Waals surface area contributed by atoms with Crippen molar-refractivity contribution in [2.75, 3.05) is 19.8 Å². The van der Waals surface area contributed by atoms with Gasteiger partial charge < -0.3 is 41.0 Å². The summed E-state index contributed by atoms with van der Waals surface area (Å²) in [6, 6.07) is 0. The van der Waals surface area contributed by atoms with E-state index in [9.17, 15) is 20.1 Å². The van der Waals surface area contributed by atoms with Crippen LogP contribution in [-0.4, -0.2) is 76.4 Å². The number of hydrogen-bond acceptors (Lipinski definition) is 8. The maximum absolute atomic E-state index is 11.2. The molecule has 1 saturated heterocycles. The van der Waals surface area contributed by atoms with Crippen LogP contribution in [0.5, 0.6) is 0 Å². The summed E-state index contributed by atoms with van der Waals surface area (Å²) in [4.78, 5) is 11.2. The van der Waals surface area contributed by atoms with E-state index in [2.05, 4.69) is 5.32 Å². The fourth-order valence-corrected chi connectivity index (χ4v) is 1.95. The molecule has 0 bridgehead atoms. The van der Waals surface area contributed by atoms with E-state index >= 15 is 0 Å². The maximum atomic E-state index is 11.2. The molecule has 1 fully saturated rings. The fourth-order valence-electron chi connectivity index (χ4n) is 1.95. The average Bonchev–Trinajstić information content (AvgIpc) is 2.38. The van der Waals surface area contributed by atoms with Gasteiger partial charge in [-0.3, -0.25) is 4.79 Å². The Bertz CT molecular complexity index is 330. The van der Waals surface area contributed by atoms with E-state index in [-0.39, 0.29) is 6.61 Å². The summed E-state index contributed by atoms with van der Waals surface area (Å²) in [6.45, 7) is 1.02. The molecule has 0 aromatic carbocycles. The molecule has 0 radical (unpaired) electrons. The van der Waals surface area contributed by atoms with Crippen LogP contribution in [-0.2, 0) is 14.3 Å². The Balaban J connectivity index is 2.89. The summed E-state index contributed by atoms with van der Waals surface area (Å²) in [7, 11) is 0. The predicted molar refractivity (Wildman–Crippen MR) is 66.2 cm³/mol. The highest BCUT2D eigenvalue weighted by atomic mass is 16.7. The molecule has 1 aliphatic heterocycles. The molecule has 0 aromatic rings. The van der Waals surface area contributed by atoms with Gasteiger partial charge in [0.2, 0.25) is 17.9 Å². The van der Waals surface area contributed by atoms with Gasteiger partial charge in [0.05, 0.1) is 13.2 Å². The number of hydrogen-bond donors (Lipinski definition) is 6. The van der Waals surface area contributed by atoms with Gasteiger partial charge in [-0.25, -0.2) is 0 Å². The molecule has 1 amide bonds. The normalized spacial score (nSPS) is 37.7. The zero-order valence-electron chi connectivity index (χ0n) is 11.2. The predicted octanol–water partition coefficient (Wildman–Crippen LogP) is -3.38. The van der Waals surface area contributed by atoms with Crippen LogP contribution in [0.1, 0.15) is 13.3 Å². The first-order valence-corrected chi connectivity index (χ1v) is 6.32. The van der Waals surface area contributed by atoms with E-state index in [4.69, 9.17) is 20.3 Å². The molecule has 20 heavy (non-hydrogen) atoms. The third kappa shape index (κ3) is 3.64. The summed E-state index contributed by atoms with van der Waals surface area (Å²) >= 11 is 0. The Kier molecular flexibility index (Phi) is 6.27. The van der Waals surface area contributed by atoms with Gasteiger partial charge in [-0.15, -0.1) is 0 Å². The standard InChI is InChI=1S/C11H22N2O7/c1-6(15)13-11(18)9(17)8(16)7(5-14)20-10(11)19-4-2-3-12/h7-10,14,16-18H,2-5,12H2,1H3,(H,13,15)/t7-,8+,9+,10+,11-/m1/s1. The van der Waals surface area contributed by atoms with Crippen LogP contribution in [0.15, 0.2) is 0 Å². The second-order valence-electron chi connectivity index (χ2n) is 4.64. The number of nitrogens with one attached hydrogen (secondary N) is 1. The number of ether oxygens (including phenoxy) is 2. The monoisotopic (exact) mass is 294 g/mol. The molecule has 9 nitrogen and oxygen atoms in total. The van der Waals surface area contributed by atoms with E-state index in [1.165, 1.54) is 0 Å². The van der Waals surface area contributed by atoms with Gasteiger partial charge in [0.25, 0.3) is 0 Å². The van der Waals surface area contributed by atoms with Crippen LogP contribution in [0.2, 0.25) is 0 Å². The molecule has 9 heteroatoms. The molecular weight excluding hydrogens is 272 g/mol. The first kappa shape index (κ1) is 17.2. The smallest absolute Gasteiger partial charge is 0.219 e. The van der Waals surface area contributed by atoms with Crippen molar-refractivity contribution in [3.8, 4) is 0 Å². The van der Waals surface area contributed by atoms with Crippen LogP contribution in [0, 0.1) is 0 Å². The summed E-state index contributed by atoms with van der Waals surface area (Å²) in [5.41, 5.74) is 3.00. The summed E-state index contributed by atoms with van der Waals surface area (Å²) in [5, 5.41) is 41.2. The van der Waals surface area contributed by atoms with Crippen molar-refractivity contribution in [1.29, 1.82) is 0 Å². The number of nitrogens with two attached hydrogens (primary N) is 1. The molecule has 1 aliphatic rings. The molecule has 0 aliphatic carbocycles. The SMILES string of the molecule is CC(=O)N[C@]1(O)[C@@H](OCCCN)O[C@H](CO)[C@H](O)[C@@H]1O. The number of carbonyl (C=O) groups excluding carboxylic acids is 1. The Labute approximate surface area is 116 Å². The van der Waals surface area contributed by atoms with Gasteiger partial charge in [-0.2, -0.15) is 0 Å². The van der Waals surface area contributed by atoms with Gasteiger partial charge in [0, 0.05) is 6.92 Å². The van der Waals surface area contributed by atoms with Crippen LogP contribution >= 0.6 is 0 Å². The lowest BCUT2D eigenvalue weighted by molar-refractivity contribution is -0.347. The minimum Gasteiger partial charge on any atom is -0.394 e. The van der Waals surface area contributed by atoms with E-state index < -0.39 is 42.8 Å². The number of rotatable bonds is 6. The number of aliphatic hydroxyl groups excluding tert-OH is 3. The topological polar surface area (TPSA) is 154 Å². The lowest BCUT2D eigenvalue weighted by atomic mass is 9.93. The summed E-state index contributed by atoms with van der Waals surface area (Å²) in [6.07, 6.45) is -5.46. The molecular formula is C11H22N2O7. The Morgan fingerprint density at radius 1 is 1.50 bits per heavy atom. The zero-order chi connectivity index (χ0) is 15.3. The van der Waals surface area contributed by atoms with Crippen molar-refractivity contribution in [2.45, 2.75) is 43.7 Å². The largest absolute Gasteiger partial charge is 0.394 e. The molecule has 1 heterocycles. The highest BCUT2D eigenvalue weighted by Gasteiger charge is 2.56. The van der Waals surface area contributed by atoms with E-state index in [0.29, 0.717) is 13.0 Å². The first-order chi connectivity index (χ1) is 9.36. The second kappa shape index (κ2) is 7.27. The summed E-state index contributed by atoms with van der Waals surface area (Å²) in [5.74, 6) is -0.641. The van der Waals surface area contributed by atoms with E-state index in [1.807, 2.05) is 0 Å². The molecule has 5 atom stereocenters. The average molecular weight is 294 g/mol. The maximum Gasteiger partial charge on any atom is 0.219 e. The molecule has 0 aromatic heterocycles. The molecule has 7 N–H and O–H groups in total. The number of carbonyl (C=O) groups is 1. The Hall–Kier alpha value is -0.810. The third-order valence-corrected chi connectivity index (χ3v) is 2.99. The van der Waals surface area contributed by atoms with Crippen molar-refractivity contribution in [2.24, 2.45) is 5.73 Å². The van der Waals surface area contributed by atoms with Gasteiger partial charge in [-0.1, -0.05) is 0 Å². The van der Waals surface area contributed by atoms with Gasteiger partial charge in [0.1, 0.15) is 18.3 Å². The minimum absolute atomic E-state index is 0.115. The van der Waals surface area contributed by atoms with E-state index in [0.717, 1.165) is 6.92 Å².